The minimum Gasteiger partial charge on any atom is -0.309 e. The normalized spacial score (nSPS) is 11.7. The zero-order valence-corrected chi connectivity index (χ0v) is 23.1. The molecular formula is C30H27F3N8O. The number of alkyl halides is 3. The molecule has 0 spiro atoms. The number of nitrogens with zero attached hydrogens (tertiary/aromatic N) is 7. The highest BCUT2D eigenvalue weighted by Crippen LogP contribution is 2.38. The van der Waals surface area contributed by atoms with Gasteiger partial charge in [0.2, 0.25) is 11.9 Å². The zero-order valence-electron chi connectivity index (χ0n) is 23.1. The second-order valence-electron chi connectivity index (χ2n) is 10.1. The van der Waals surface area contributed by atoms with Crippen LogP contribution in [-0.4, -0.2) is 55.8 Å². The van der Waals surface area contributed by atoms with Crippen molar-refractivity contribution in [3.8, 4) is 34.1 Å². The Morgan fingerprint density at radius 2 is 1.88 bits per heavy atom. The number of rotatable bonds is 8. The van der Waals surface area contributed by atoms with Crippen molar-refractivity contribution in [2.45, 2.75) is 25.9 Å². The molecule has 5 rings (SSSR count). The fourth-order valence-corrected chi connectivity index (χ4v) is 4.75. The van der Waals surface area contributed by atoms with E-state index in [1.165, 1.54) is 10.6 Å². The molecule has 214 valence electrons. The van der Waals surface area contributed by atoms with Crippen LogP contribution in [0.15, 0.2) is 67.0 Å². The number of aromatic nitrogens is 5. The number of benzene rings is 2. The van der Waals surface area contributed by atoms with Crippen LogP contribution in [0.25, 0.3) is 33.7 Å². The summed E-state index contributed by atoms with van der Waals surface area (Å²) in [5.74, 6) is -0.209. The third-order valence-corrected chi connectivity index (χ3v) is 6.78. The zero-order chi connectivity index (χ0) is 30.0. The highest BCUT2D eigenvalue weighted by atomic mass is 19.4. The molecule has 0 saturated heterocycles. The van der Waals surface area contributed by atoms with Gasteiger partial charge in [-0.25, -0.2) is 9.20 Å². The Morgan fingerprint density at radius 1 is 1.12 bits per heavy atom. The highest BCUT2D eigenvalue weighted by Gasteiger charge is 2.31. The van der Waals surface area contributed by atoms with Gasteiger partial charge in [0.25, 0.3) is 0 Å². The maximum atomic E-state index is 13.7. The third kappa shape index (κ3) is 5.87. The van der Waals surface area contributed by atoms with Gasteiger partial charge in [-0.3, -0.25) is 10.1 Å². The lowest BCUT2D eigenvalue weighted by atomic mass is 9.95. The molecule has 0 bridgehead atoms. The van der Waals surface area contributed by atoms with E-state index in [0.717, 1.165) is 18.7 Å². The largest absolute Gasteiger partial charge is 0.416 e. The lowest BCUT2D eigenvalue weighted by molar-refractivity contribution is -0.137. The van der Waals surface area contributed by atoms with Gasteiger partial charge in [-0.05, 0) is 87.6 Å². The Bertz CT molecular complexity index is 1800. The van der Waals surface area contributed by atoms with E-state index in [2.05, 4.69) is 26.6 Å². The van der Waals surface area contributed by atoms with Gasteiger partial charge < -0.3 is 4.90 Å². The van der Waals surface area contributed by atoms with Crippen LogP contribution in [0.2, 0.25) is 0 Å². The van der Waals surface area contributed by atoms with Crippen LogP contribution < -0.4 is 5.32 Å². The number of pyridine rings is 1. The molecule has 5 aromatic rings. The summed E-state index contributed by atoms with van der Waals surface area (Å²) in [5.41, 5.74) is 3.37. The van der Waals surface area contributed by atoms with E-state index in [4.69, 9.17) is 0 Å². The molecule has 0 atom stereocenters. The number of nitriles is 1. The lowest BCUT2D eigenvalue weighted by Gasteiger charge is -2.16. The standard InChI is InChI=1S/C30H27F3N8O/c1-19-24(25-13-14-35-41(25)23-11-9-20(17-34)10-12-23)18-40-28(27(19)21-6-4-7-22(16-21)30(31,32)33)37-29(38-40)36-26(42)8-5-15-39(2)3/h4,6-7,9-14,16,18H,5,8,15H2,1-3H3,(H,36,38,42). The number of nitrogens with one attached hydrogen (secondary N) is 1. The minimum atomic E-state index is -4.54. The molecule has 0 aliphatic heterocycles. The van der Waals surface area contributed by atoms with Gasteiger partial charge in [0.05, 0.1) is 34.8 Å². The highest BCUT2D eigenvalue weighted by molar-refractivity contribution is 5.91. The van der Waals surface area contributed by atoms with E-state index < -0.39 is 11.7 Å². The Kier molecular flexibility index (Phi) is 7.78. The molecule has 12 heteroatoms. The molecule has 1 amide bonds. The Labute approximate surface area is 239 Å². The average molecular weight is 573 g/mol. The van der Waals surface area contributed by atoms with Crippen molar-refractivity contribution >= 4 is 17.5 Å². The number of anilines is 1. The van der Waals surface area contributed by atoms with E-state index >= 15 is 0 Å². The van der Waals surface area contributed by atoms with Gasteiger partial charge in [-0.15, -0.1) is 5.10 Å². The van der Waals surface area contributed by atoms with Crippen LogP contribution in [0.3, 0.4) is 0 Å². The summed E-state index contributed by atoms with van der Waals surface area (Å²) < 4.78 is 44.2. The molecular weight excluding hydrogens is 545 g/mol. The first-order chi connectivity index (χ1) is 20.0. The van der Waals surface area contributed by atoms with Crippen LogP contribution in [0.1, 0.15) is 29.5 Å². The van der Waals surface area contributed by atoms with Gasteiger partial charge in [0.1, 0.15) is 0 Å². The fraction of sp³-hybridized carbons (Fsp3) is 0.233. The molecule has 2 aromatic carbocycles. The molecule has 1 N–H and O–H groups in total. The minimum absolute atomic E-state index is 0.0511. The van der Waals surface area contributed by atoms with Crippen molar-refractivity contribution in [3.05, 3.63) is 83.7 Å². The smallest absolute Gasteiger partial charge is 0.309 e. The molecule has 0 aliphatic carbocycles. The van der Waals surface area contributed by atoms with Crippen molar-refractivity contribution in [2.75, 3.05) is 26.0 Å². The van der Waals surface area contributed by atoms with Crippen LogP contribution in [0.5, 0.6) is 0 Å². The first-order valence-electron chi connectivity index (χ1n) is 13.1. The molecule has 3 heterocycles. The van der Waals surface area contributed by atoms with E-state index in [1.54, 1.807) is 60.4 Å². The summed E-state index contributed by atoms with van der Waals surface area (Å²) in [5, 5.41) is 20.8. The quantitative estimate of drug-likeness (QED) is 0.255. The number of halogens is 3. The molecule has 0 saturated carbocycles. The van der Waals surface area contributed by atoms with Crippen LogP contribution in [-0.2, 0) is 11.0 Å². The van der Waals surface area contributed by atoms with Gasteiger partial charge in [0, 0.05) is 23.7 Å². The predicted octanol–water partition coefficient (Wildman–Crippen LogP) is 5.73. The Balaban J connectivity index is 1.65. The second kappa shape index (κ2) is 11.5. The number of carbonyl (C=O) groups is 1. The molecule has 0 fully saturated rings. The molecule has 0 unspecified atom stereocenters. The van der Waals surface area contributed by atoms with Crippen molar-refractivity contribution in [1.29, 1.82) is 5.26 Å². The SMILES string of the molecule is Cc1c(-c2ccnn2-c2ccc(C#N)cc2)cn2nc(NC(=O)CCCN(C)C)nc2c1-c1cccc(C(F)(F)F)c1. The van der Waals surface area contributed by atoms with Crippen molar-refractivity contribution < 1.29 is 18.0 Å². The molecule has 0 aliphatic rings. The first-order valence-corrected chi connectivity index (χ1v) is 13.1. The van der Waals surface area contributed by atoms with Gasteiger partial charge in [0.15, 0.2) is 5.65 Å². The van der Waals surface area contributed by atoms with Gasteiger partial charge >= 0.3 is 6.18 Å². The molecule has 0 radical (unpaired) electrons. The van der Waals surface area contributed by atoms with Crippen molar-refractivity contribution in [2.24, 2.45) is 0 Å². The van der Waals surface area contributed by atoms with E-state index in [1.807, 2.05) is 19.0 Å². The van der Waals surface area contributed by atoms with Crippen LogP contribution in [0.4, 0.5) is 19.1 Å². The van der Waals surface area contributed by atoms with Gasteiger partial charge in [-0.2, -0.15) is 28.5 Å². The first kappa shape index (κ1) is 28.5. The van der Waals surface area contributed by atoms with E-state index in [9.17, 15) is 23.2 Å². The average Bonchev–Trinajstić information content (AvgIpc) is 3.59. The number of carbonyl (C=O) groups excluding carboxylic acids is 1. The number of hydrogen-bond acceptors (Lipinski definition) is 6. The van der Waals surface area contributed by atoms with Crippen LogP contribution in [0, 0.1) is 18.3 Å². The Hall–Kier alpha value is -5.02. The van der Waals surface area contributed by atoms with E-state index in [-0.39, 0.29) is 18.3 Å². The summed E-state index contributed by atoms with van der Waals surface area (Å²) in [4.78, 5) is 19.1. The predicted molar refractivity (Wildman–Crippen MR) is 152 cm³/mol. The summed E-state index contributed by atoms with van der Waals surface area (Å²) in [6, 6.07) is 15.8. The lowest BCUT2D eigenvalue weighted by Crippen LogP contribution is -2.17. The maximum Gasteiger partial charge on any atom is 0.416 e. The fourth-order valence-electron chi connectivity index (χ4n) is 4.75. The monoisotopic (exact) mass is 572 g/mol. The summed E-state index contributed by atoms with van der Waals surface area (Å²) >= 11 is 0. The number of amides is 1. The van der Waals surface area contributed by atoms with Crippen LogP contribution >= 0.6 is 0 Å². The van der Waals surface area contributed by atoms with Crippen molar-refractivity contribution in [3.63, 3.8) is 0 Å². The van der Waals surface area contributed by atoms with Crippen molar-refractivity contribution in [1.82, 2.24) is 29.3 Å². The van der Waals surface area contributed by atoms with Gasteiger partial charge in [-0.1, -0.05) is 12.1 Å². The molecule has 3 aromatic heterocycles. The third-order valence-electron chi connectivity index (χ3n) is 6.78. The second-order valence-corrected chi connectivity index (χ2v) is 10.1. The molecule has 9 nitrogen and oxygen atoms in total. The maximum absolute atomic E-state index is 13.7. The van der Waals surface area contributed by atoms with E-state index in [0.29, 0.717) is 51.3 Å². The number of hydrogen-bond donors (Lipinski definition) is 1. The summed E-state index contributed by atoms with van der Waals surface area (Å²) in [7, 11) is 3.84. The number of fused-ring (bicyclic) bond motifs is 1. The Morgan fingerprint density at radius 3 is 2.57 bits per heavy atom. The summed E-state index contributed by atoms with van der Waals surface area (Å²) in [6.07, 6.45) is -0.298. The molecule has 42 heavy (non-hydrogen) atoms. The summed E-state index contributed by atoms with van der Waals surface area (Å²) in [6.45, 7) is 2.54. The topological polar surface area (TPSA) is 104 Å².